The van der Waals surface area contributed by atoms with Gasteiger partial charge in [0, 0.05) is 60.8 Å². The molecule has 1 atom stereocenters. The predicted octanol–water partition coefficient (Wildman–Crippen LogP) is 6.41. The van der Waals surface area contributed by atoms with E-state index in [2.05, 4.69) is 45.3 Å². The number of para-hydroxylation sites is 1. The van der Waals surface area contributed by atoms with Crippen molar-refractivity contribution in [1.82, 2.24) is 14.9 Å². The van der Waals surface area contributed by atoms with Crippen LogP contribution in [-0.4, -0.2) is 22.0 Å². The van der Waals surface area contributed by atoms with Crippen LogP contribution in [0.3, 0.4) is 0 Å². The van der Waals surface area contributed by atoms with Crippen molar-refractivity contribution in [1.29, 1.82) is 0 Å². The molecule has 3 aromatic carbocycles. The van der Waals surface area contributed by atoms with Crippen LogP contribution in [0.25, 0.3) is 10.9 Å². The van der Waals surface area contributed by atoms with Crippen molar-refractivity contribution in [2.24, 2.45) is 0 Å². The molecule has 0 aliphatic heterocycles. The lowest BCUT2D eigenvalue weighted by atomic mass is 9.87. The molecule has 0 aliphatic rings. The zero-order chi connectivity index (χ0) is 25.6. The van der Waals surface area contributed by atoms with Gasteiger partial charge in [-0.05, 0) is 47.9 Å². The zero-order valence-electron chi connectivity index (χ0n) is 20.9. The van der Waals surface area contributed by atoms with E-state index in [1.807, 2.05) is 61.5 Å². The summed E-state index contributed by atoms with van der Waals surface area (Å²) < 4.78 is 17.4. The van der Waals surface area contributed by atoms with Crippen molar-refractivity contribution < 1.29 is 9.18 Å². The number of aromatic nitrogens is 2. The maximum atomic E-state index is 15.2. The summed E-state index contributed by atoms with van der Waals surface area (Å²) in [5, 5.41) is 4.05. The van der Waals surface area contributed by atoms with E-state index < -0.39 is 5.92 Å². The summed E-state index contributed by atoms with van der Waals surface area (Å²) >= 11 is 0. The fraction of sp³-hybridized carbons (Fsp3) is 0.188. The molecule has 2 heterocycles. The number of carbonyl (C=O) groups is 1. The molecule has 0 aliphatic carbocycles. The van der Waals surface area contributed by atoms with Gasteiger partial charge in [0.1, 0.15) is 5.82 Å². The Morgan fingerprint density at radius 1 is 0.946 bits per heavy atom. The Balaban J connectivity index is 1.48. The number of nitrogens with zero attached hydrogens (tertiary/aromatic N) is 2. The summed E-state index contributed by atoms with van der Waals surface area (Å²) in [6.07, 6.45) is 4.64. The molecule has 1 N–H and O–H groups in total. The summed E-state index contributed by atoms with van der Waals surface area (Å²) in [6, 6.07) is 29.3. The van der Waals surface area contributed by atoms with Crippen molar-refractivity contribution in [3.63, 3.8) is 0 Å². The summed E-state index contributed by atoms with van der Waals surface area (Å²) in [7, 11) is 0. The second-order valence-electron chi connectivity index (χ2n) is 9.42. The maximum Gasteiger partial charge on any atom is 0.220 e. The van der Waals surface area contributed by atoms with Crippen LogP contribution >= 0.6 is 0 Å². The second-order valence-corrected chi connectivity index (χ2v) is 9.42. The second kappa shape index (κ2) is 11.2. The van der Waals surface area contributed by atoms with Crippen LogP contribution in [-0.2, 0) is 17.8 Å². The lowest BCUT2D eigenvalue weighted by Gasteiger charge is -2.19. The Morgan fingerprint density at radius 3 is 2.54 bits per heavy atom. The molecule has 5 rings (SSSR count). The average Bonchev–Trinajstić information content (AvgIpc) is 3.28. The minimum Gasteiger partial charge on any atom is -0.356 e. The highest BCUT2D eigenvalue weighted by molar-refractivity contribution is 5.87. The molecule has 0 bridgehead atoms. The maximum absolute atomic E-state index is 15.2. The first-order valence-corrected chi connectivity index (χ1v) is 12.6. The number of hydrogen-bond donors (Lipinski definition) is 1. The molecule has 37 heavy (non-hydrogen) atoms. The first kappa shape index (κ1) is 24.4. The van der Waals surface area contributed by atoms with Crippen molar-refractivity contribution in [2.75, 3.05) is 6.54 Å². The average molecular weight is 492 g/mol. The SMILES string of the molecule is Cc1ccc(F)c([C@@H](CC(=O)NCCc2ccccn2)c2cn(Cc3ccccc3)c3ccccc23)c1. The molecular formula is C32H30FN3O. The van der Waals surface area contributed by atoms with Crippen molar-refractivity contribution >= 4 is 16.8 Å². The number of hydrogen-bond acceptors (Lipinski definition) is 2. The van der Waals surface area contributed by atoms with Crippen molar-refractivity contribution in [3.8, 4) is 0 Å². The number of benzene rings is 3. The fourth-order valence-corrected chi connectivity index (χ4v) is 4.92. The largest absolute Gasteiger partial charge is 0.356 e. The van der Waals surface area contributed by atoms with Gasteiger partial charge in [-0.3, -0.25) is 9.78 Å². The molecule has 0 fully saturated rings. The van der Waals surface area contributed by atoms with Gasteiger partial charge < -0.3 is 9.88 Å². The topological polar surface area (TPSA) is 46.9 Å². The Bertz CT molecular complexity index is 1500. The molecule has 2 aromatic heterocycles. The van der Waals surface area contributed by atoms with Crippen LogP contribution in [0.2, 0.25) is 0 Å². The molecule has 5 heteroatoms. The highest BCUT2D eigenvalue weighted by Crippen LogP contribution is 2.36. The zero-order valence-corrected chi connectivity index (χ0v) is 20.9. The van der Waals surface area contributed by atoms with E-state index >= 15 is 4.39 Å². The summed E-state index contributed by atoms with van der Waals surface area (Å²) in [6.45, 7) is 3.13. The predicted molar refractivity (Wildman–Crippen MR) is 146 cm³/mol. The van der Waals surface area contributed by atoms with E-state index in [1.165, 1.54) is 11.6 Å². The van der Waals surface area contributed by atoms with Crippen LogP contribution in [0, 0.1) is 12.7 Å². The molecule has 5 aromatic rings. The smallest absolute Gasteiger partial charge is 0.220 e. The third-order valence-corrected chi connectivity index (χ3v) is 6.74. The third-order valence-electron chi connectivity index (χ3n) is 6.74. The molecule has 186 valence electrons. The standard InChI is InChI=1S/C32H30FN3O/c1-23-14-15-30(33)28(19-23)27(20-32(37)35-18-16-25-11-7-8-17-34-25)29-22-36(21-24-9-3-2-4-10-24)31-13-6-5-12-26(29)31/h2-15,17,19,22,27H,16,18,20-21H2,1H3,(H,35,37)/t27-/m1/s1. The van der Waals surface area contributed by atoms with Crippen LogP contribution in [0.5, 0.6) is 0 Å². The molecule has 0 unspecified atom stereocenters. The van der Waals surface area contributed by atoms with Gasteiger partial charge in [-0.15, -0.1) is 0 Å². The highest BCUT2D eigenvalue weighted by atomic mass is 19.1. The Kier molecular flexibility index (Phi) is 7.41. The molecule has 0 saturated carbocycles. The Morgan fingerprint density at radius 2 is 1.73 bits per heavy atom. The van der Waals surface area contributed by atoms with Crippen LogP contribution < -0.4 is 5.32 Å². The first-order valence-electron chi connectivity index (χ1n) is 12.6. The molecule has 4 nitrogen and oxygen atoms in total. The van der Waals surface area contributed by atoms with Gasteiger partial charge in [0.15, 0.2) is 0 Å². The van der Waals surface area contributed by atoms with Gasteiger partial charge >= 0.3 is 0 Å². The number of rotatable bonds is 9. The van der Waals surface area contributed by atoms with Gasteiger partial charge in [0.05, 0.1) is 0 Å². The molecule has 0 saturated heterocycles. The fourth-order valence-electron chi connectivity index (χ4n) is 4.92. The van der Waals surface area contributed by atoms with E-state index in [1.54, 1.807) is 12.3 Å². The van der Waals surface area contributed by atoms with E-state index in [0.717, 1.165) is 27.7 Å². The molecule has 1 amide bonds. The molecular weight excluding hydrogens is 461 g/mol. The summed E-state index contributed by atoms with van der Waals surface area (Å²) in [4.78, 5) is 17.5. The Hall–Kier alpha value is -4.25. The first-order chi connectivity index (χ1) is 18.1. The molecule has 0 spiro atoms. The van der Waals surface area contributed by atoms with Gasteiger partial charge in [-0.1, -0.05) is 72.3 Å². The monoisotopic (exact) mass is 491 g/mol. The highest BCUT2D eigenvalue weighted by Gasteiger charge is 2.25. The number of fused-ring (bicyclic) bond motifs is 1. The quantitative estimate of drug-likeness (QED) is 0.259. The normalized spacial score (nSPS) is 11.9. The summed E-state index contributed by atoms with van der Waals surface area (Å²) in [5.74, 6) is -0.824. The van der Waals surface area contributed by atoms with Gasteiger partial charge in [0.25, 0.3) is 0 Å². The number of amides is 1. The van der Waals surface area contributed by atoms with E-state index in [9.17, 15) is 4.79 Å². The number of carbonyl (C=O) groups excluding carboxylic acids is 1. The van der Waals surface area contributed by atoms with E-state index in [-0.39, 0.29) is 18.1 Å². The van der Waals surface area contributed by atoms with Crippen LogP contribution in [0.15, 0.2) is 103 Å². The third kappa shape index (κ3) is 5.78. The number of halogens is 1. The lowest BCUT2D eigenvalue weighted by molar-refractivity contribution is -0.121. The van der Waals surface area contributed by atoms with Gasteiger partial charge in [-0.2, -0.15) is 0 Å². The minimum atomic E-state index is -0.420. The Labute approximate surface area is 216 Å². The van der Waals surface area contributed by atoms with E-state index in [0.29, 0.717) is 25.1 Å². The number of nitrogens with one attached hydrogen (secondary N) is 1. The van der Waals surface area contributed by atoms with E-state index in [4.69, 9.17) is 0 Å². The molecule has 0 radical (unpaired) electrons. The van der Waals surface area contributed by atoms with Crippen molar-refractivity contribution in [3.05, 3.63) is 137 Å². The minimum absolute atomic E-state index is 0.110. The number of aryl methyl sites for hydroxylation is 1. The lowest BCUT2D eigenvalue weighted by Crippen LogP contribution is -2.27. The number of pyridine rings is 1. The van der Waals surface area contributed by atoms with Crippen LogP contribution in [0.4, 0.5) is 4.39 Å². The van der Waals surface area contributed by atoms with Gasteiger partial charge in [-0.25, -0.2) is 4.39 Å². The van der Waals surface area contributed by atoms with Crippen LogP contribution in [0.1, 0.15) is 40.3 Å². The summed E-state index contributed by atoms with van der Waals surface area (Å²) in [5.41, 5.74) is 5.63. The van der Waals surface area contributed by atoms with Gasteiger partial charge in [0.2, 0.25) is 5.91 Å². The van der Waals surface area contributed by atoms with Crippen molar-refractivity contribution in [2.45, 2.75) is 32.2 Å².